The summed E-state index contributed by atoms with van der Waals surface area (Å²) < 4.78 is 0. The molecule has 0 aliphatic carbocycles. The predicted octanol–water partition coefficient (Wildman–Crippen LogP) is 2.72. The van der Waals surface area contributed by atoms with Crippen molar-refractivity contribution in [2.24, 2.45) is 0 Å². The molecule has 0 aromatic heterocycles. The molecule has 2 amide bonds. The van der Waals surface area contributed by atoms with Gasteiger partial charge in [0.2, 0.25) is 11.8 Å². The highest BCUT2D eigenvalue weighted by molar-refractivity contribution is 5.98. The highest BCUT2D eigenvalue weighted by Crippen LogP contribution is 2.29. The molecule has 3 heteroatoms. The minimum absolute atomic E-state index is 0.0199. The number of imide groups is 1. The molecule has 0 saturated carbocycles. The Kier molecular flexibility index (Phi) is 4.13. The maximum atomic E-state index is 12.0. The number of likely N-dealkylation sites (tertiary alicyclic amines) is 1. The molecule has 0 unspecified atom stereocenters. The fourth-order valence-corrected chi connectivity index (χ4v) is 2.38. The van der Waals surface area contributed by atoms with Crippen LogP contribution >= 0.6 is 0 Å². The van der Waals surface area contributed by atoms with E-state index in [0.29, 0.717) is 19.4 Å². The standard InChI is InChI=1S/C15H19NO2/c1-2-3-9-16-14(17)10-13(11-15(16)18)12-7-5-4-6-8-12/h4-8,13H,2-3,9-11H2,1H3. The van der Waals surface area contributed by atoms with Gasteiger partial charge < -0.3 is 0 Å². The highest BCUT2D eigenvalue weighted by Gasteiger charge is 2.32. The Labute approximate surface area is 108 Å². The summed E-state index contributed by atoms with van der Waals surface area (Å²) in [6.45, 7) is 2.64. The van der Waals surface area contributed by atoms with Crippen LogP contribution in [0.5, 0.6) is 0 Å². The minimum atomic E-state index is -0.0199. The molecule has 1 aliphatic heterocycles. The number of piperidine rings is 1. The van der Waals surface area contributed by atoms with E-state index in [1.54, 1.807) is 0 Å². The lowest BCUT2D eigenvalue weighted by molar-refractivity contribution is -0.148. The lowest BCUT2D eigenvalue weighted by Gasteiger charge is -2.30. The summed E-state index contributed by atoms with van der Waals surface area (Å²) in [4.78, 5) is 25.4. The average molecular weight is 245 g/mol. The van der Waals surface area contributed by atoms with Crippen LogP contribution in [0.4, 0.5) is 0 Å². The van der Waals surface area contributed by atoms with Crippen LogP contribution in [-0.2, 0) is 9.59 Å². The van der Waals surface area contributed by atoms with E-state index in [-0.39, 0.29) is 17.7 Å². The van der Waals surface area contributed by atoms with E-state index in [0.717, 1.165) is 18.4 Å². The number of unbranched alkanes of at least 4 members (excludes halogenated alkanes) is 1. The second kappa shape index (κ2) is 5.80. The molecule has 18 heavy (non-hydrogen) atoms. The number of carbonyl (C=O) groups excluding carboxylic acids is 2. The molecule has 0 spiro atoms. The molecule has 0 atom stereocenters. The molecule has 1 aliphatic rings. The van der Waals surface area contributed by atoms with Crippen LogP contribution in [0.1, 0.15) is 44.1 Å². The van der Waals surface area contributed by atoms with Gasteiger partial charge in [-0.3, -0.25) is 14.5 Å². The third kappa shape index (κ3) is 2.78. The second-order valence-corrected chi connectivity index (χ2v) is 4.81. The number of hydrogen-bond acceptors (Lipinski definition) is 2. The van der Waals surface area contributed by atoms with Crippen molar-refractivity contribution in [3.63, 3.8) is 0 Å². The van der Waals surface area contributed by atoms with Gasteiger partial charge in [0.15, 0.2) is 0 Å². The highest BCUT2D eigenvalue weighted by atomic mass is 16.2. The lowest BCUT2D eigenvalue weighted by Crippen LogP contribution is -2.43. The van der Waals surface area contributed by atoms with Crippen LogP contribution < -0.4 is 0 Å². The van der Waals surface area contributed by atoms with E-state index >= 15 is 0 Å². The molecule has 1 aromatic rings. The van der Waals surface area contributed by atoms with E-state index < -0.39 is 0 Å². The summed E-state index contributed by atoms with van der Waals surface area (Å²) in [5.41, 5.74) is 1.09. The Hall–Kier alpha value is -1.64. The van der Waals surface area contributed by atoms with Gasteiger partial charge in [-0.15, -0.1) is 0 Å². The molecule has 1 saturated heterocycles. The van der Waals surface area contributed by atoms with Gasteiger partial charge in [0.1, 0.15) is 0 Å². The molecule has 1 aromatic carbocycles. The van der Waals surface area contributed by atoms with Crippen LogP contribution in [-0.4, -0.2) is 23.3 Å². The number of carbonyl (C=O) groups is 2. The first-order valence-corrected chi connectivity index (χ1v) is 6.60. The maximum absolute atomic E-state index is 12.0. The Morgan fingerprint density at radius 3 is 2.28 bits per heavy atom. The van der Waals surface area contributed by atoms with Gasteiger partial charge in [0.05, 0.1) is 0 Å². The molecular weight excluding hydrogens is 226 g/mol. The third-order valence-corrected chi connectivity index (χ3v) is 3.45. The number of hydrogen-bond donors (Lipinski definition) is 0. The molecular formula is C15H19NO2. The zero-order chi connectivity index (χ0) is 13.0. The molecule has 96 valence electrons. The van der Waals surface area contributed by atoms with Crippen molar-refractivity contribution >= 4 is 11.8 Å². The first-order chi connectivity index (χ1) is 8.72. The van der Waals surface area contributed by atoms with Gasteiger partial charge in [-0.1, -0.05) is 43.7 Å². The van der Waals surface area contributed by atoms with Crippen molar-refractivity contribution < 1.29 is 9.59 Å². The Morgan fingerprint density at radius 1 is 1.11 bits per heavy atom. The molecule has 0 bridgehead atoms. The molecule has 0 N–H and O–H groups in total. The maximum Gasteiger partial charge on any atom is 0.229 e. The van der Waals surface area contributed by atoms with Crippen LogP contribution in [0.25, 0.3) is 0 Å². The SMILES string of the molecule is CCCCN1C(=O)CC(c2ccccc2)CC1=O. The van der Waals surface area contributed by atoms with Crippen LogP contribution in [0.15, 0.2) is 30.3 Å². The zero-order valence-corrected chi connectivity index (χ0v) is 10.8. The van der Waals surface area contributed by atoms with Gasteiger partial charge in [-0.25, -0.2) is 0 Å². The molecule has 0 radical (unpaired) electrons. The topological polar surface area (TPSA) is 37.4 Å². The van der Waals surface area contributed by atoms with Gasteiger partial charge in [0.25, 0.3) is 0 Å². The van der Waals surface area contributed by atoms with E-state index in [9.17, 15) is 9.59 Å². The second-order valence-electron chi connectivity index (χ2n) is 4.81. The summed E-state index contributed by atoms with van der Waals surface area (Å²) in [6, 6.07) is 9.84. The number of rotatable bonds is 4. The van der Waals surface area contributed by atoms with Gasteiger partial charge in [-0.05, 0) is 12.0 Å². The van der Waals surface area contributed by atoms with E-state index in [2.05, 4.69) is 6.92 Å². The monoisotopic (exact) mass is 245 g/mol. The summed E-state index contributed by atoms with van der Waals surface area (Å²) >= 11 is 0. The summed E-state index contributed by atoms with van der Waals surface area (Å²) in [6.07, 6.45) is 2.81. The van der Waals surface area contributed by atoms with Crippen molar-refractivity contribution in [3.8, 4) is 0 Å². The van der Waals surface area contributed by atoms with Crippen molar-refractivity contribution in [3.05, 3.63) is 35.9 Å². The minimum Gasteiger partial charge on any atom is -0.283 e. The van der Waals surface area contributed by atoms with Crippen LogP contribution in [0, 0.1) is 0 Å². The van der Waals surface area contributed by atoms with Crippen molar-refractivity contribution in [1.82, 2.24) is 4.90 Å². The Morgan fingerprint density at radius 2 is 1.72 bits per heavy atom. The zero-order valence-electron chi connectivity index (χ0n) is 10.8. The van der Waals surface area contributed by atoms with E-state index in [4.69, 9.17) is 0 Å². The van der Waals surface area contributed by atoms with Crippen LogP contribution in [0.2, 0.25) is 0 Å². The van der Waals surface area contributed by atoms with Gasteiger partial charge in [-0.2, -0.15) is 0 Å². The third-order valence-electron chi connectivity index (χ3n) is 3.45. The predicted molar refractivity (Wildman–Crippen MR) is 70.0 cm³/mol. The molecule has 3 nitrogen and oxygen atoms in total. The normalized spacial score (nSPS) is 17.3. The average Bonchev–Trinajstić information content (AvgIpc) is 2.39. The summed E-state index contributed by atoms with van der Waals surface area (Å²) in [5, 5.41) is 0. The summed E-state index contributed by atoms with van der Waals surface area (Å²) in [7, 11) is 0. The van der Waals surface area contributed by atoms with Crippen LogP contribution in [0.3, 0.4) is 0 Å². The van der Waals surface area contributed by atoms with Gasteiger partial charge in [0, 0.05) is 25.3 Å². The molecule has 1 fully saturated rings. The number of amides is 2. The van der Waals surface area contributed by atoms with Crippen molar-refractivity contribution in [2.75, 3.05) is 6.54 Å². The Balaban J connectivity index is 2.05. The smallest absolute Gasteiger partial charge is 0.229 e. The van der Waals surface area contributed by atoms with E-state index in [1.807, 2.05) is 30.3 Å². The Bertz CT molecular complexity index is 409. The van der Waals surface area contributed by atoms with E-state index in [1.165, 1.54) is 4.90 Å². The summed E-state index contributed by atoms with van der Waals surface area (Å²) in [5.74, 6) is 0.0196. The fraction of sp³-hybridized carbons (Fsp3) is 0.467. The van der Waals surface area contributed by atoms with Crippen molar-refractivity contribution in [2.45, 2.75) is 38.5 Å². The lowest BCUT2D eigenvalue weighted by atomic mass is 9.88. The number of nitrogens with zero attached hydrogens (tertiary/aromatic N) is 1. The number of benzene rings is 1. The fourth-order valence-electron chi connectivity index (χ4n) is 2.38. The largest absolute Gasteiger partial charge is 0.283 e. The molecule has 2 rings (SSSR count). The van der Waals surface area contributed by atoms with Gasteiger partial charge >= 0.3 is 0 Å². The van der Waals surface area contributed by atoms with Crippen molar-refractivity contribution in [1.29, 1.82) is 0 Å². The first-order valence-electron chi connectivity index (χ1n) is 6.60. The quantitative estimate of drug-likeness (QED) is 0.765. The molecule has 1 heterocycles. The first kappa shape index (κ1) is 12.8.